The lowest BCUT2D eigenvalue weighted by Gasteiger charge is -2.26. The zero-order valence-corrected chi connectivity index (χ0v) is 6.27. The molecular formula is C8H15NO. The molecular weight excluding hydrogens is 126 g/mol. The van der Waals surface area contributed by atoms with Crippen molar-refractivity contribution in [3.8, 4) is 0 Å². The molecule has 1 aliphatic heterocycles. The van der Waals surface area contributed by atoms with Crippen LogP contribution in [-0.4, -0.2) is 23.8 Å². The summed E-state index contributed by atoms with van der Waals surface area (Å²) >= 11 is 0. The summed E-state index contributed by atoms with van der Waals surface area (Å²) in [5.74, 6) is 0.792. The standard InChI is InChI=1S/C8H15NO/c10-6-8(7-2-3-7)4-1-5-9-8/h7,9-10H,1-6H2. The maximum Gasteiger partial charge on any atom is 0.0616 e. The number of rotatable bonds is 2. The SMILES string of the molecule is OCC1(C2CC2)CCCN1. The Labute approximate surface area is 61.6 Å². The summed E-state index contributed by atoms with van der Waals surface area (Å²) in [5, 5.41) is 12.6. The molecule has 58 valence electrons. The maximum atomic E-state index is 9.16. The monoisotopic (exact) mass is 141 g/mol. The lowest BCUT2D eigenvalue weighted by atomic mass is 9.93. The Bertz CT molecular complexity index is 125. The van der Waals surface area contributed by atoms with Gasteiger partial charge in [-0.15, -0.1) is 0 Å². The Balaban J connectivity index is 2.04. The summed E-state index contributed by atoms with van der Waals surface area (Å²) in [7, 11) is 0. The maximum absolute atomic E-state index is 9.16. The molecule has 1 unspecified atom stereocenters. The van der Waals surface area contributed by atoms with E-state index in [1.54, 1.807) is 0 Å². The van der Waals surface area contributed by atoms with Gasteiger partial charge < -0.3 is 10.4 Å². The summed E-state index contributed by atoms with van der Waals surface area (Å²) in [6.07, 6.45) is 5.09. The van der Waals surface area contributed by atoms with E-state index in [2.05, 4.69) is 5.32 Å². The van der Waals surface area contributed by atoms with Crippen LogP contribution in [0.3, 0.4) is 0 Å². The van der Waals surface area contributed by atoms with Crippen molar-refractivity contribution >= 4 is 0 Å². The van der Waals surface area contributed by atoms with Gasteiger partial charge in [0.2, 0.25) is 0 Å². The molecule has 1 saturated heterocycles. The molecule has 0 radical (unpaired) electrons. The van der Waals surface area contributed by atoms with Crippen LogP contribution < -0.4 is 5.32 Å². The first-order valence-electron chi connectivity index (χ1n) is 4.23. The number of nitrogens with one attached hydrogen (secondary N) is 1. The van der Waals surface area contributed by atoms with Crippen molar-refractivity contribution in [3.63, 3.8) is 0 Å². The molecule has 0 aromatic carbocycles. The van der Waals surface area contributed by atoms with Crippen LogP contribution in [0, 0.1) is 5.92 Å². The molecule has 2 N–H and O–H groups in total. The van der Waals surface area contributed by atoms with E-state index in [0.717, 1.165) is 12.5 Å². The second-order valence-corrected chi connectivity index (χ2v) is 3.62. The molecule has 1 heterocycles. The van der Waals surface area contributed by atoms with Gasteiger partial charge in [0.15, 0.2) is 0 Å². The highest BCUT2D eigenvalue weighted by Crippen LogP contribution is 2.43. The third-order valence-corrected chi connectivity index (χ3v) is 2.92. The van der Waals surface area contributed by atoms with E-state index in [9.17, 15) is 0 Å². The number of aliphatic hydroxyl groups is 1. The Morgan fingerprint density at radius 1 is 1.50 bits per heavy atom. The van der Waals surface area contributed by atoms with Gasteiger partial charge in [-0.25, -0.2) is 0 Å². The lowest BCUT2D eigenvalue weighted by molar-refractivity contribution is 0.158. The highest BCUT2D eigenvalue weighted by Gasteiger charge is 2.46. The predicted molar refractivity (Wildman–Crippen MR) is 39.8 cm³/mol. The second kappa shape index (κ2) is 2.21. The van der Waals surface area contributed by atoms with Gasteiger partial charge in [0, 0.05) is 5.54 Å². The smallest absolute Gasteiger partial charge is 0.0616 e. The number of hydrogen-bond donors (Lipinski definition) is 2. The van der Waals surface area contributed by atoms with Gasteiger partial charge in [0.25, 0.3) is 0 Å². The van der Waals surface area contributed by atoms with E-state index < -0.39 is 0 Å². The fourth-order valence-corrected chi connectivity index (χ4v) is 2.08. The predicted octanol–water partition coefficient (Wildman–Crippen LogP) is 0.511. The molecule has 2 aliphatic rings. The van der Waals surface area contributed by atoms with Crippen molar-refractivity contribution < 1.29 is 5.11 Å². The Kier molecular flexibility index (Phi) is 1.46. The van der Waals surface area contributed by atoms with Gasteiger partial charge in [0.05, 0.1) is 6.61 Å². The zero-order valence-electron chi connectivity index (χ0n) is 6.27. The molecule has 0 aromatic rings. The summed E-state index contributed by atoms with van der Waals surface area (Å²) in [6, 6.07) is 0. The van der Waals surface area contributed by atoms with E-state index in [1.165, 1.54) is 25.7 Å². The van der Waals surface area contributed by atoms with Gasteiger partial charge in [-0.1, -0.05) is 0 Å². The molecule has 2 nitrogen and oxygen atoms in total. The van der Waals surface area contributed by atoms with Crippen LogP contribution in [-0.2, 0) is 0 Å². The Hall–Kier alpha value is -0.0800. The Morgan fingerprint density at radius 2 is 2.30 bits per heavy atom. The average Bonchev–Trinajstić information content (AvgIpc) is 2.71. The molecule has 10 heavy (non-hydrogen) atoms. The van der Waals surface area contributed by atoms with E-state index in [0.29, 0.717) is 6.61 Å². The minimum absolute atomic E-state index is 0.153. The van der Waals surface area contributed by atoms with Crippen LogP contribution in [0.15, 0.2) is 0 Å². The average molecular weight is 141 g/mol. The van der Waals surface area contributed by atoms with Crippen molar-refractivity contribution in [1.29, 1.82) is 0 Å². The third kappa shape index (κ3) is 0.867. The fraction of sp³-hybridized carbons (Fsp3) is 1.00. The summed E-state index contributed by atoms with van der Waals surface area (Å²) in [6.45, 7) is 1.45. The van der Waals surface area contributed by atoms with Gasteiger partial charge >= 0.3 is 0 Å². The first-order valence-corrected chi connectivity index (χ1v) is 4.23. The van der Waals surface area contributed by atoms with E-state index >= 15 is 0 Å². The zero-order chi connectivity index (χ0) is 7.03. The molecule has 0 aromatic heterocycles. The molecule has 2 rings (SSSR count). The number of hydrogen-bond acceptors (Lipinski definition) is 2. The lowest BCUT2D eigenvalue weighted by Crippen LogP contribution is -2.45. The molecule has 0 amide bonds. The van der Waals surface area contributed by atoms with Crippen molar-refractivity contribution in [2.75, 3.05) is 13.2 Å². The van der Waals surface area contributed by atoms with Crippen LogP contribution in [0.4, 0.5) is 0 Å². The summed E-state index contributed by atoms with van der Waals surface area (Å²) in [5.41, 5.74) is 0.153. The van der Waals surface area contributed by atoms with Crippen molar-refractivity contribution in [3.05, 3.63) is 0 Å². The first kappa shape index (κ1) is 6.62. The third-order valence-electron chi connectivity index (χ3n) is 2.92. The molecule has 2 fully saturated rings. The molecule has 2 heteroatoms. The highest BCUT2D eigenvalue weighted by molar-refractivity contribution is 5.03. The first-order chi connectivity index (χ1) is 4.87. The van der Waals surface area contributed by atoms with Gasteiger partial charge in [-0.3, -0.25) is 0 Å². The van der Waals surface area contributed by atoms with Crippen LogP contribution in [0.2, 0.25) is 0 Å². The molecule has 1 aliphatic carbocycles. The van der Waals surface area contributed by atoms with Crippen LogP contribution in [0.1, 0.15) is 25.7 Å². The van der Waals surface area contributed by atoms with Crippen molar-refractivity contribution in [2.45, 2.75) is 31.2 Å². The van der Waals surface area contributed by atoms with Crippen molar-refractivity contribution in [1.82, 2.24) is 5.32 Å². The van der Waals surface area contributed by atoms with Crippen molar-refractivity contribution in [2.24, 2.45) is 5.92 Å². The molecule has 0 bridgehead atoms. The van der Waals surface area contributed by atoms with Crippen LogP contribution >= 0.6 is 0 Å². The molecule has 1 atom stereocenters. The highest BCUT2D eigenvalue weighted by atomic mass is 16.3. The van der Waals surface area contributed by atoms with Crippen LogP contribution in [0.5, 0.6) is 0 Å². The largest absolute Gasteiger partial charge is 0.394 e. The summed E-state index contributed by atoms with van der Waals surface area (Å²) < 4.78 is 0. The minimum atomic E-state index is 0.153. The van der Waals surface area contributed by atoms with E-state index in [4.69, 9.17) is 5.11 Å². The summed E-state index contributed by atoms with van der Waals surface area (Å²) in [4.78, 5) is 0. The minimum Gasteiger partial charge on any atom is -0.394 e. The molecule has 0 spiro atoms. The molecule has 1 saturated carbocycles. The topological polar surface area (TPSA) is 32.3 Å². The fourth-order valence-electron chi connectivity index (χ4n) is 2.08. The second-order valence-electron chi connectivity index (χ2n) is 3.62. The van der Waals surface area contributed by atoms with E-state index in [-0.39, 0.29) is 5.54 Å². The van der Waals surface area contributed by atoms with Gasteiger partial charge in [0.1, 0.15) is 0 Å². The van der Waals surface area contributed by atoms with E-state index in [1.807, 2.05) is 0 Å². The van der Waals surface area contributed by atoms with Gasteiger partial charge in [-0.05, 0) is 38.1 Å². The van der Waals surface area contributed by atoms with Gasteiger partial charge in [-0.2, -0.15) is 0 Å². The normalized spacial score (nSPS) is 40.5. The van der Waals surface area contributed by atoms with Crippen LogP contribution in [0.25, 0.3) is 0 Å². The quantitative estimate of drug-likeness (QED) is 0.587. The number of aliphatic hydroxyl groups excluding tert-OH is 1. The Morgan fingerprint density at radius 3 is 2.70 bits per heavy atom.